The normalized spacial score (nSPS) is 12.1. The molecule has 0 atom stereocenters. The van der Waals surface area contributed by atoms with Gasteiger partial charge in [0.05, 0.1) is 11.6 Å². The van der Waals surface area contributed by atoms with Gasteiger partial charge >= 0.3 is 0 Å². The second-order valence-corrected chi connectivity index (χ2v) is 4.23. The van der Waals surface area contributed by atoms with Crippen molar-refractivity contribution < 1.29 is 4.52 Å². The van der Waals surface area contributed by atoms with Crippen LogP contribution in [0.15, 0.2) is 4.52 Å². The number of hydrogen-bond acceptors (Lipinski definition) is 2. The van der Waals surface area contributed by atoms with Gasteiger partial charge in [-0.1, -0.05) is 25.9 Å². The van der Waals surface area contributed by atoms with Gasteiger partial charge in [0.2, 0.25) is 0 Å². The van der Waals surface area contributed by atoms with E-state index >= 15 is 0 Å². The van der Waals surface area contributed by atoms with E-state index in [-0.39, 0.29) is 5.41 Å². The number of aryl methyl sites for hydroxylation is 1. The first kappa shape index (κ1) is 9.59. The highest BCUT2D eigenvalue weighted by atomic mass is 35.5. The predicted octanol–water partition coefficient (Wildman–Crippen LogP) is 3.02. The number of hydrogen-bond donors (Lipinski definition) is 0. The van der Waals surface area contributed by atoms with Gasteiger partial charge in [-0.25, -0.2) is 0 Å². The van der Waals surface area contributed by atoms with E-state index in [1.165, 1.54) is 0 Å². The third kappa shape index (κ3) is 1.63. The first-order chi connectivity index (χ1) is 5.46. The number of alkyl halides is 1. The van der Waals surface area contributed by atoms with Gasteiger partial charge in [-0.15, -0.1) is 11.6 Å². The lowest BCUT2D eigenvalue weighted by Crippen LogP contribution is -2.12. The highest BCUT2D eigenvalue weighted by Gasteiger charge is 2.24. The van der Waals surface area contributed by atoms with Crippen LogP contribution >= 0.6 is 11.6 Å². The molecule has 0 aliphatic carbocycles. The van der Waals surface area contributed by atoms with E-state index < -0.39 is 0 Å². The maximum absolute atomic E-state index is 5.78. The summed E-state index contributed by atoms with van der Waals surface area (Å²) in [6, 6.07) is 0. The molecule has 1 rings (SSSR count). The molecule has 0 aliphatic rings. The van der Waals surface area contributed by atoms with Gasteiger partial charge in [0, 0.05) is 11.0 Å². The van der Waals surface area contributed by atoms with Gasteiger partial charge in [0.25, 0.3) is 0 Å². The SMILES string of the molecule is Cc1noc(C(C)(C)C)c1CCl. The first-order valence-electron chi connectivity index (χ1n) is 3.98. The standard InChI is InChI=1S/C9H14ClNO/c1-6-7(5-10)8(12-11-6)9(2,3)4/h5H2,1-4H3. The third-order valence-corrected chi connectivity index (χ3v) is 2.07. The molecule has 0 unspecified atom stereocenters. The van der Waals surface area contributed by atoms with Gasteiger partial charge < -0.3 is 4.52 Å². The van der Waals surface area contributed by atoms with Crippen molar-refractivity contribution in [3.05, 3.63) is 17.0 Å². The highest BCUT2D eigenvalue weighted by molar-refractivity contribution is 6.17. The molecular weight excluding hydrogens is 174 g/mol. The molecule has 0 bridgehead atoms. The number of nitrogens with zero attached hydrogens (tertiary/aromatic N) is 1. The highest BCUT2D eigenvalue weighted by Crippen LogP contribution is 2.28. The van der Waals surface area contributed by atoms with E-state index in [1.54, 1.807) is 0 Å². The Morgan fingerprint density at radius 3 is 2.33 bits per heavy atom. The van der Waals surface area contributed by atoms with Crippen LogP contribution in [-0.2, 0) is 11.3 Å². The average Bonchev–Trinajstić information content (AvgIpc) is 2.29. The van der Waals surface area contributed by atoms with Crippen molar-refractivity contribution in [3.8, 4) is 0 Å². The van der Waals surface area contributed by atoms with Crippen LogP contribution < -0.4 is 0 Å². The summed E-state index contributed by atoms with van der Waals surface area (Å²) in [6.07, 6.45) is 0. The van der Waals surface area contributed by atoms with Crippen LogP contribution in [0.2, 0.25) is 0 Å². The largest absolute Gasteiger partial charge is 0.360 e. The summed E-state index contributed by atoms with van der Waals surface area (Å²) in [7, 11) is 0. The Morgan fingerprint density at radius 2 is 2.00 bits per heavy atom. The van der Waals surface area contributed by atoms with Crippen LogP contribution in [0, 0.1) is 6.92 Å². The minimum Gasteiger partial charge on any atom is -0.360 e. The molecule has 12 heavy (non-hydrogen) atoms. The predicted molar refractivity (Wildman–Crippen MR) is 49.5 cm³/mol. The van der Waals surface area contributed by atoms with Crippen molar-refractivity contribution in [2.75, 3.05) is 0 Å². The molecule has 1 aromatic heterocycles. The maximum atomic E-state index is 5.78. The first-order valence-corrected chi connectivity index (χ1v) is 4.52. The molecule has 0 spiro atoms. The maximum Gasteiger partial charge on any atom is 0.146 e. The number of aromatic nitrogens is 1. The topological polar surface area (TPSA) is 26.0 Å². The molecule has 1 aromatic rings. The van der Waals surface area contributed by atoms with Gasteiger partial charge in [-0.2, -0.15) is 0 Å². The number of rotatable bonds is 1. The lowest BCUT2D eigenvalue weighted by atomic mass is 9.90. The molecule has 1 heterocycles. The van der Waals surface area contributed by atoms with Crippen molar-refractivity contribution >= 4 is 11.6 Å². The summed E-state index contributed by atoms with van der Waals surface area (Å²) in [5.74, 6) is 1.37. The van der Waals surface area contributed by atoms with Crippen molar-refractivity contribution in [1.29, 1.82) is 0 Å². The molecule has 0 aromatic carbocycles. The Balaban J connectivity index is 3.16. The Bertz CT molecular complexity index is 273. The molecule has 0 aliphatic heterocycles. The fourth-order valence-corrected chi connectivity index (χ4v) is 1.45. The second kappa shape index (κ2) is 3.09. The van der Waals surface area contributed by atoms with Crippen LogP contribution in [-0.4, -0.2) is 5.16 Å². The average molecular weight is 188 g/mol. The Labute approximate surface area is 77.9 Å². The van der Waals surface area contributed by atoms with Crippen molar-refractivity contribution in [2.24, 2.45) is 0 Å². The molecule has 0 N–H and O–H groups in total. The molecule has 0 saturated carbocycles. The summed E-state index contributed by atoms with van der Waals surface area (Å²) in [5.41, 5.74) is 1.92. The lowest BCUT2D eigenvalue weighted by Gasteiger charge is -2.14. The van der Waals surface area contributed by atoms with Crippen molar-refractivity contribution in [2.45, 2.75) is 39.0 Å². The van der Waals surface area contributed by atoms with E-state index in [0.29, 0.717) is 5.88 Å². The lowest BCUT2D eigenvalue weighted by molar-refractivity contribution is 0.325. The Hall–Kier alpha value is -0.500. The quantitative estimate of drug-likeness (QED) is 0.632. The minimum absolute atomic E-state index is 0.00845. The van der Waals surface area contributed by atoms with Gasteiger partial charge in [0.1, 0.15) is 5.76 Å². The molecular formula is C9H14ClNO. The Kier molecular flexibility index (Phi) is 2.47. The van der Waals surface area contributed by atoms with Crippen LogP contribution in [0.3, 0.4) is 0 Å². The van der Waals surface area contributed by atoms with Crippen molar-refractivity contribution in [3.63, 3.8) is 0 Å². The van der Waals surface area contributed by atoms with E-state index in [9.17, 15) is 0 Å². The molecule has 0 saturated heterocycles. The fourth-order valence-electron chi connectivity index (χ4n) is 1.14. The van der Waals surface area contributed by atoms with Crippen LogP contribution in [0.1, 0.15) is 37.8 Å². The second-order valence-electron chi connectivity index (χ2n) is 3.96. The fraction of sp³-hybridized carbons (Fsp3) is 0.667. The van der Waals surface area contributed by atoms with Crippen molar-refractivity contribution in [1.82, 2.24) is 5.16 Å². The monoisotopic (exact) mass is 187 g/mol. The van der Waals surface area contributed by atoms with Gasteiger partial charge in [-0.3, -0.25) is 0 Å². The van der Waals surface area contributed by atoms with Crippen LogP contribution in [0.5, 0.6) is 0 Å². The molecule has 0 amide bonds. The Morgan fingerprint density at radius 1 is 1.42 bits per heavy atom. The van der Waals surface area contributed by atoms with Gasteiger partial charge in [-0.05, 0) is 6.92 Å². The molecule has 2 nitrogen and oxygen atoms in total. The number of halogens is 1. The zero-order chi connectivity index (χ0) is 9.35. The van der Waals surface area contributed by atoms with Gasteiger partial charge in [0.15, 0.2) is 0 Å². The van der Waals surface area contributed by atoms with Crippen LogP contribution in [0.25, 0.3) is 0 Å². The summed E-state index contributed by atoms with van der Waals surface area (Å²) < 4.78 is 5.22. The smallest absolute Gasteiger partial charge is 0.146 e. The summed E-state index contributed by atoms with van der Waals surface area (Å²) in [4.78, 5) is 0. The van der Waals surface area contributed by atoms with E-state index in [0.717, 1.165) is 17.0 Å². The minimum atomic E-state index is -0.00845. The van der Waals surface area contributed by atoms with Crippen LogP contribution in [0.4, 0.5) is 0 Å². The zero-order valence-electron chi connectivity index (χ0n) is 7.94. The summed E-state index contributed by atoms with van der Waals surface area (Å²) in [6.45, 7) is 8.17. The molecule has 0 fully saturated rings. The third-order valence-electron chi connectivity index (χ3n) is 1.80. The molecule has 0 radical (unpaired) electrons. The van der Waals surface area contributed by atoms with E-state index in [1.807, 2.05) is 6.92 Å². The molecule has 3 heteroatoms. The van der Waals surface area contributed by atoms with E-state index in [4.69, 9.17) is 16.1 Å². The molecule has 68 valence electrons. The van der Waals surface area contributed by atoms with E-state index in [2.05, 4.69) is 25.9 Å². The zero-order valence-corrected chi connectivity index (χ0v) is 8.70. The summed E-state index contributed by atoms with van der Waals surface area (Å²) >= 11 is 5.78. The summed E-state index contributed by atoms with van der Waals surface area (Å²) in [5, 5.41) is 3.89.